The largest absolute Gasteiger partial charge is 0.493 e. The van der Waals surface area contributed by atoms with E-state index in [9.17, 15) is 0 Å². The normalized spacial score (nSPS) is 10.7. The highest BCUT2D eigenvalue weighted by molar-refractivity contribution is 6.27. The minimum absolute atomic E-state index is 0.116. The number of aryl methyl sites for hydroxylation is 1. The van der Waals surface area contributed by atoms with Gasteiger partial charge < -0.3 is 25.0 Å². The summed E-state index contributed by atoms with van der Waals surface area (Å²) in [4.78, 5) is 18.2. The van der Waals surface area contributed by atoms with Crippen LogP contribution in [0.1, 0.15) is 44.7 Å². The molecule has 0 saturated heterocycles. The first kappa shape index (κ1) is 24.9. The lowest BCUT2D eigenvalue weighted by molar-refractivity contribution is -0.159. The van der Waals surface area contributed by atoms with Crippen LogP contribution in [0, 0.1) is 6.92 Å². The van der Waals surface area contributed by atoms with Crippen molar-refractivity contribution in [3.8, 4) is 5.75 Å². The Balaban J connectivity index is 0.000000972. The van der Waals surface area contributed by atoms with Gasteiger partial charge in [0.2, 0.25) is 0 Å². The van der Waals surface area contributed by atoms with Crippen molar-refractivity contribution in [3.63, 3.8) is 0 Å². The summed E-state index contributed by atoms with van der Waals surface area (Å²) in [5.74, 6) is -2.61. The second-order valence-electron chi connectivity index (χ2n) is 7.16. The number of rotatable bonds is 9. The highest BCUT2D eigenvalue weighted by Crippen LogP contribution is 2.32. The minimum Gasteiger partial charge on any atom is -0.493 e. The van der Waals surface area contributed by atoms with Gasteiger partial charge in [-0.05, 0) is 48.9 Å². The van der Waals surface area contributed by atoms with Gasteiger partial charge in [0.15, 0.2) is 0 Å². The zero-order valence-corrected chi connectivity index (χ0v) is 17.0. The van der Waals surface area contributed by atoms with Crippen molar-refractivity contribution in [2.45, 2.75) is 46.0 Å². The Labute approximate surface area is 161 Å². The molecule has 1 rings (SSSR count). The SMILES string of the molecule is COCCNCCCCOc1cc(C)ccc1C(C)(C)C.O=C(O)C(=O)O. The van der Waals surface area contributed by atoms with Crippen LogP contribution in [0.4, 0.5) is 0 Å². The van der Waals surface area contributed by atoms with Crippen molar-refractivity contribution in [1.82, 2.24) is 5.32 Å². The van der Waals surface area contributed by atoms with Gasteiger partial charge in [-0.3, -0.25) is 0 Å². The number of carboxylic acids is 2. The van der Waals surface area contributed by atoms with E-state index in [0.29, 0.717) is 0 Å². The molecule has 27 heavy (non-hydrogen) atoms. The molecule has 7 nitrogen and oxygen atoms in total. The van der Waals surface area contributed by atoms with E-state index >= 15 is 0 Å². The van der Waals surface area contributed by atoms with E-state index in [-0.39, 0.29) is 5.41 Å². The van der Waals surface area contributed by atoms with Gasteiger partial charge in [-0.25, -0.2) is 9.59 Å². The maximum atomic E-state index is 9.10. The van der Waals surface area contributed by atoms with Gasteiger partial charge in [-0.15, -0.1) is 0 Å². The van der Waals surface area contributed by atoms with Crippen LogP contribution < -0.4 is 10.1 Å². The first-order valence-electron chi connectivity index (χ1n) is 8.99. The topological polar surface area (TPSA) is 105 Å². The van der Waals surface area contributed by atoms with Crippen molar-refractivity contribution in [2.24, 2.45) is 0 Å². The number of benzene rings is 1. The van der Waals surface area contributed by atoms with E-state index in [4.69, 9.17) is 29.3 Å². The van der Waals surface area contributed by atoms with Crippen LogP contribution in [0.3, 0.4) is 0 Å². The first-order chi connectivity index (χ1) is 12.6. The Kier molecular flexibility index (Phi) is 12.1. The van der Waals surface area contributed by atoms with Crippen molar-refractivity contribution >= 4 is 11.9 Å². The summed E-state index contributed by atoms with van der Waals surface area (Å²) in [7, 11) is 1.73. The molecule has 0 saturated carbocycles. The Morgan fingerprint density at radius 3 is 2.19 bits per heavy atom. The molecule has 0 aliphatic rings. The van der Waals surface area contributed by atoms with Crippen LogP contribution in [-0.2, 0) is 19.7 Å². The van der Waals surface area contributed by atoms with Gasteiger partial charge in [0.25, 0.3) is 0 Å². The summed E-state index contributed by atoms with van der Waals surface area (Å²) in [5, 5.41) is 18.1. The predicted molar refractivity (Wildman–Crippen MR) is 105 cm³/mol. The number of methoxy groups -OCH3 is 1. The fraction of sp³-hybridized carbons (Fsp3) is 0.600. The number of carbonyl (C=O) groups is 2. The van der Waals surface area contributed by atoms with Gasteiger partial charge in [-0.2, -0.15) is 0 Å². The summed E-state index contributed by atoms with van der Waals surface area (Å²) in [6, 6.07) is 6.50. The molecule has 0 aliphatic carbocycles. The molecule has 154 valence electrons. The number of carboxylic acid groups (broad SMARTS) is 2. The third-order valence-corrected chi connectivity index (χ3v) is 3.62. The number of hydrogen-bond donors (Lipinski definition) is 3. The van der Waals surface area contributed by atoms with E-state index in [2.05, 4.69) is 51.2 Å². The molecule has 0 heterocycles. The molecule has 0 atom stereocenters. The van der Waals surface area contributed by atoms with E-state index < -0.39 is 11.9 Å². The number of ether oxygens (including phenoxy) is 2. The Hall–Kier alpha value is -2.12. The van der Waals surface area contributed by atoms with Crippen molar-refractivity contribution in [3.05, 3.63) is 29.3 Å². The lowest BCUT2D eigenvalue weighted by Gasteiger charge is -2.23. The summed E-state index contributed by atoms with van der Waals surface area (Å²) < 4.78 is 11.0. The molecule has 1 aromatic rings. The molecule has 3 N–H and O–H groups in total. The summed E-state index contributed by atoms with van der Waals surface area (Å²) in [6.45, 7) is 12.3. The Morgan fingerprint density at radius 2 is 1.67 bits per heavy atom. The number of unbranched alkanes of at least 4 members (excludes halogenated alkanes) is 1. The molecule has 1 aromatic carbocycles. The van der Waals surface area contributed by atoms with Crippen molar-refractivity contribution < 1.29 is 29.3 Å². The van der Waals surface area contributed by atoms with Crippen molar-refractivity contribution in [1.29, 1.82) is 0 Å². The van der Waals surface area contributed by atoms with Crippen LogP contribution in [0.15, 0.2) is 18.2 Å². The first-order valence-corrected chi connectivity index (χ1v) is 8.99. The van der Waals surface area contributed by atoms with Gasteiger partial charge in [0, 0.05) is 13.7 Å². The standard InChI is InChI=1S/C18H31NO2.C2H2O4/c1-15-8-9-16(18(2,3)4)17(14-15)21-12-7-6-10-19-11-13-20-5;3-1(4)2(5)6/h8-9,14,19H,6-7,10-13H2,1-5H3;(H,3,4)(H,5,6). The van der Waals surface area contributed by atoms with Crippen LogP contribution in [0.25, 0.3) is 0 Å². The van der Waals surface area contributed by atoms with Gasteiger partial charge >= 0.3 is 11.9 Å². The fourth-order valence-corrected chi connectivity index (χ4v) is 2.20. The average Bonchev–Trinajstić information content (AvgIpc) is 2.56. The zero-order chi connectivity index (χ0) is 20.9. The smallest absolute Gasteiger partial charge is 0.414 e. The van der Waals surface area contributed by atoms with Gasteiger partial charge in [0.05, 0.1) is 13.2 Å². The molecule has 0 spiro atoms. The molecule has 0 unspecified atom stereocenters. The number of hydrogen-bond acceptors (Lipinski definition) is 5. The summed E-state index contributed by atoms with van der Waals surface area (Å²) in [6.07, 6.45) is 2.19. The second kappa shape index (κ2) is 13.1. The third-order valence-electron chi connectivity index (χ3n) is 3.62. The molecular formula is C20H33NO6. The highest BCUT2D eigenvalue weighted by atomic mass is 16.5. The molecule has 0 radical (unpaired) electrons. The lowest BCUT2D eigenvalue weighted by Crippen LogP contribution is -2.20. The van der Waals surface area contributed by atoms with E-state index in [0.717, 1.165) is 44.9 Å². The zero-order valence-electron chi connectivity index (χ0n) is 17.0. The maximum absolute atomic E-state index is 9.10. The van der Waals surface area contributed by atoms with Crippen molar-refractivity contribution in [2.75, 3.05) is 33.4 Å². The van der Waals surface area contributed by atoms with E-state index in [1.165, 1.54) is 11.1 Å². The van der Waals surface area contributed by atoms with Crippen LogP contribution in [0.5, 0.6) is 5.75 Å². The Morgan fingerprint density at radius 1 is 1.04 bits per heavy atom. The second-order valence-corrected chi connectivity index (χ2v) is 7.16. The third kappa shape index (κ3) is 12.0. The minimum atomic E-state index is -1.82. The van der Waals surface area contributed by atoms with E-state index in [1.54, 1.807) is 7.11 Å². The molecule has 0 fully saturated rings. The van der Waals surface area contributed by atoms with Crippen LogP contribution in [-0.4, -0.2) is 55.6 Å². The quantitative estimate of drug-likeness (QED) is 0.445. The van der Waals surface area contributed by atoms with Crippen LogP contribution in [0.2, 0.25) is 0 Å². The summed E-state index contributed by atoms with van der Waals surface area (Å²) in [5.41, 5.74) is 2.65. The molecule has 7 heteroatoms. The molecular weight excluding hydrogens is 350 g/mol. The highest BCUT2D eigenvalue weighted by Gasteiger charge is 2.18. The molecule has 0 amide bonds. The van der Waals surface area contributed by atoms with Crippen LogP contribution >= 0.6 is 0 Å². The number of nitrogens with one attached hydrogen (secondary N) is 1. The fourth-order valence-electron chi connectivity index (χ4n) is 2.20. The average molecular weight is 383 g/mol. The lowest BCUT2D eigenvalue weighted by atomic mass is 9.86. The van der Waals surface area contributed by atoms with E-state index in [1.807, 2.05) is 0 Å². The predicted octanol–water partition coefficient (Wildman–Crippen LogP) is 2.84. The molecule has 0 aliphatic heterocycles. The molecule has 0 aromatic heterocycles. The van der Waals surface area contributed by atoms with Gasteiger partial charge in [-0.1, -0.05) is 32.9 Å². The maximum Gasteiger partial charge on any atom is 0.414 e. The van der Waals surface area contributed by atoms with Gasteiger partial charge in [0.1, 0.15) is 5.75 Å². The monoisotopic (exact) mass is 383 g/mol. The Bertz CT molecular complexity index is 568. The number of aliphatic carboxylic acids is 2. The molecule has 0 bridgehead atoms. The summed E-state index contributed by atoms with van der Waals surface area (Å²) >= 11 is 0.